The van der Waals surface area contributed by atoms with E-state index >= 15 is 0 Å². The first-order chi connectivity index (χ1) is 15.6. The zero-order valence-electron chi connectivity index (χ0n) is 19.0. The Balaban J connectivity index is 1.31. The van der Waals surface area contributed by atoms with Crippen LogP contribution in [0.3, 0.4) is 0 Å². The third-order valence-corrected chi connectivity index (χ3v) is 6.39. The van der Waals surface area contributed by atoms with Gasteiger partial charge in [-0.1, -0.05) is 61.5 Å². The number of nitrogens with one attached hydrogen (secondary N) is 1. The fourth-order valence-electron chi connectivity index (χ4n) is 4.48. The van der Waals surface area contributed by atoms with E-state index in [2.05, 4.69) is 59.6 Å². The average Bonchev–Trinajstić information content (AvgIpc) is 2.85. The molecule has 4 rings (SSSR count). The molecule has 166 valence electrons. The van der Waals surface area contributed by atoms with Crippen LogP contribution in [0.25, 0.3) is 11.1 Å². The number of carbonyl (C=O) groups is 1. The number of amides is 1. The summed E-state index contributed by atoms with van der Waals surface area (Å²) in [7, 11) is 1.67. The van der Waals surface area contributed by atoms with Crippen molar-refractivity contribution in [2.24, 2.45) is 5.92 Å². The molecule has 1 aliphatic rings. The second kappa shape index (κ2) is 10.5. The lowest BCUT2D eigenvalue weighted by Crippen LogP contribution is -2.39. The summed E-state index contributed by atoms with van der Waals surface area (Å²) in [6, 6.07) is 26.7. The quantitative estimate of drug-likeness (QED) is 0.516. The molecule has 1 N–H and O–H groups in total. The van der Waals surface area contributed by atoms with E-state index in [9.17, 15) is 4.79 Å². The molecule has 0 aromatic heterocycles. The van der Waals surface area contributed by atoms with Crippen molar-refractivity contribution in [3.63, 3.8) is 0 Å². The van der Waals surface area contributed by atoms with Crippen molar-refractivity contribution in [3.05, 3.63) is 84.4 Å². The van der Waals surface area contributed by atoms with Crippen LogP contribution in [0.5, 0.6) is 5.75 Å². The molecule has 3 aromatic carbocycles. The van der Waals surface area contributed by atoms with Crippen LogP contribution in [0.2, 0.25) is 0 Å². The second-order valence-corrected chi connectivity index (χ2v) is 8.69. The van der Waals surface area contributed by atoms with Crippen LogP contribution in [0.4, 0.5) is 5.69 Å². The van der Waals surface area contributed by atoms with Gasteiger partial charge in [0.05, 0.1) is 7.11 Å². The summed E-state index contributed by atoms with van der Waals surface area (Å²) in [5.41, 5.74) is 4.35. The Labute approximate surface area is 191 Å². The van der Waals surface area contributed by atoms with E-state index in [4.69, 9.17) is 4.74 Å². The Morgan fingerprint density at radius 3 is 2.38 bits per heavy atom. The standard InChI is InChI=1S/C28H32N2O2/c1-21(22-8-4-3-5-9-22)20-30-16-14-23(15-17-30)28(31)29-26-12-6-10-24(18-26)25-11-7-13-27(19-25)32-2/h3-13,18-19,21,23H,14-17,20H2,1-2H3,(H,29,31). The molecule has 1 fully saturated rings. The molecule has 0 radical (unpaired) electrons. The SMILES string of the molecule is COc1cccc(-c2cccc(NC(=O)C3CCN(CC(C)c4ccccc4)CC3)c2)c1. The van der Waals surface area contributed by atoms with Gasteiger partial charge in [0.1, 0.15) is 5.75 Å². The van der Waals surface area contributed by atoms with Gasteiger partial charge in [-0.05, 0) is 72.8 Å². The second-order valence-electron chi connectivity index (χ2n) is 8.69. The Morgan fingerprint density at radius 2 is 1.66 bits per heavy atom. The molecule has 1 saturated heterocycles. The number of methoxy groups -OCH3 is 1. The van der Waals surface area contributed by atoms with Gasteiger partial charge in [0.2, 0.25) is 5.91 Å². The number of piperidine rings is 1. The van der Waals surface area contributed by atoms with Crippen molar-refractivity contribution in [1.82, 2.24) is 4.90 Å². The van der Waals surface area contributed by atoms with Crippen molar-refractivity contribution in [2.45, 2.75) is 25.7 Å². The van der Waals surface area contributed by atoms with Gasteiger partial charge >= 0.3 is 0 Å². The maximum Gasteiger partial charge on any atom is 0.227 e. The van der Waals surface area contributed by atoms with Crippen molar-refractivity contribution >= 4 is 11.6 Å². The third kappa shape index (κ3) is 5.57. The highest BCUT2D eigenvalue weighted by atomic mass is 16.5. The summed E-state index contributed by atoms with van der Waals surface area (Å²) in [4.78, 5) is 15.4. The van der Waals surface area contributed by atoms with Crippen LogP contribution in [0.15, 0.2) is 78.9 Å². The van der Waals surface area contributed by atoms with E-state index in [-0.39, 0.29) is 11.8 Å². The maximum absolute atomic E-state index is 12.9. The highest BCUT2D eigenvalue weighted by Crippen LogP contribution is 2.27. The highest BCUT2D eigenvalue weighted by Gasteiger charge is 2.26. The Hall–Kier alpha value is -3.11. The van der Waals surface area contributed by atoms with Crippen molar-refractivity contribution < 1.29 is 9.53 Å². The number of nitrogens with zero attached hydrogens (tertiary/aromatic N) is 1. The normalized spacial score (nSPS) is 15.8. The summed E-state index contributed by atoms with van der Waals surface area (Å²) in [5.74, 6) is 1.52. The predicted octanol–water partition coefficient (Wildman–Crippen LogP) is 5.82. The maximum atomic E-state index is 12.9. The molecule has 1 heterocycles. The number of benzene rings is 3. The van der Waals surface area contributed by atoms with Crippen LogP contribution >= 0.6 is 0 Å². The predicted molar refractivity (Wildman–Crippen MR) is 131 cm³/mol. The summed E-state index contributed by atoms with van der Waals surface area (Å²) in [6.07, 6.45) is 1.81. The first-order valence-corrected chi connectivity index (χ1v) is 11.4. The molecule has 1 atom stereocenters. The smallest absolute Gasteiger partial charge is 0.227 e. The molecular weight excluding hydrogens is 396 g/mol. The molecule has 4 heteroatoms. The van der Waals surface area contributed by atoms with Gasteiger partial charge < -0.3 is 15.0 Å². The lowest BCUT2D eigenvalue weighted by atomic mass is 9.94. The van der Waals surface area contributed by atoms with Crippen LogP contribution in [0.1, 0.15) is 31.2 Å². The average molecular weight is 429 g/mol. The van der Waals surface area contributed by atoms with E-state index in [1.54, 1.807) is 7.11 Å². The minimum absolute atomic E-state index is 0.0683. The first kappa shape index (κ1) is 22.1. The van der Waals surface area contributed by atoms with Gasteiger partial charge in [-0.15, -0.1) is 0 Å². The molecule has 0 bridgehead atoms. The number of rotatable bonds is 7. The number of ether oxygens (including phenoxy) is 1. The molecule has 1 unspecified atom stereocenters. The fourth-order valence-corrected chi connectivity index (χ4v) is 4.48. The molecule has 3 aromatic rings. The summed E-state index contributed by atoms with van der Waals surface area (Å²) >= 11 is 0. The fraction of sp³-hybridized carbons (Fsp3) is 0.321. The van der Waals surface area contributed by atoms with Crippen LogP contribution in [-0.4, -0.2) is 37.6 Å². The van der Waals surface area contributed by atoms with Gasteiger partial charge in [0.15, 0.2) is 0 Å². The summed E-state index contributed by atoms with van der Waals surface area (Å²) < 4.78 is 5.33. The minimum atomic E-state index is 0.0683. The molecule has 32 heavy (non-hydrogen) atoms. The van der Waals surface area contributed by atoms with Gasteiger partial charge in [-0.3, -0.25) is 4.79 Å². The highest BCUT2D eigenvalue weighted by molar-refractivity contribution is 5.93. The molecule has 1 amide bonds. The van der Waals surface area contributed by atoms with Crippen LogP contribution < -0.4 is 10.1 Å². The van der Waals surface area contributed by atoms with Crippen LogP contribution in [-0.2, 0) is 4.79 Å². The van der Waals surface area contributed by atoms with E-state index in [0.717, 1.165) is 55.0 Å². The number of carbonyl (C=O) groups excluding carboxylic acids is 1. The topological polar surface area (TPSA) is 41.6 Å². The van der Waals surface area contributed by atoms with Crippen molar-refractivity contribution in [3.8, 4) is 16.9 Å². The van der Waals surface area contributed by atoms with Crippen molar-refractivity contribution in [2.75, 3.05) is 32.1 Å². The minimum Gasteiger partial charge on any atom is -0.497 e. The first-order valence-electron chi connectivity index (χ1n) is 11.4. The third-order valence-electron chi connectivity index (χ3n) is 6.39. The van der Waals surface area contributed by atoms with E-state index in [1.165, 1.54) is 5.56 Å². The molecule has 0 saturated carbocycles. The molecule has 0 spiro atoms. The Kier molecular flexibility index (Phi) is 7.23. The van der Waals surface area contributed by atoms with Gasteiger partial charge in [0, 0.05) is 18.2 Å². The lowest BCUT2D eigenvalue weighted by molar-refractivity contribution is -0.121. The van der Waals surface area contributed by atoms with E-state index < -0.39 is 0 Å². The molecule has 0 aliphatic carbocycles. The lowest BCUT2D eigenvalue weighted by Gasteiger charge is -2.33. The summed E-state index contributed by atoms with van der Waals surface area (Å²) in [5, 5.41) is 3.14. The number of hydrogen-bond donors (Lipinski definition) is 1. The van der Waals surface area contributed by atoms with E-state index in [0.29, 0.717) is 5.92 Å². The van der Waals surface area contributed by atoms with Gasteiger partial charge in [0.25, 0.3) is 0 Å². The number of anilines is 1. The van der Waals surface area contributed by atoms with Gasteiger partial charge in [-0.2, -0.15) is 0 Å². The Bertz CT molecular complexity index is 1030. The zero-order chi connectivity index (χ0) is 22.3. The molecule has 4 nitrogen and oxygen atoms in total. The molecule has 1 aliphatic heterocycles. The van der Waals surface area contributed by atoms with Gasteiger partial charge in [-0.25, -0.2) is 0 Å². The van der Waals surface area contributed by atoms with E-state index in [1.807, 2.05) is 36.4 Å². The number of hydrogen-bond acceptors (Lipinski definition) is 3. The largest absolute Gasteiger partial charge is 0.497 e. The van der Waals surface area contributed by atoms with Crippen molar-refractivity contribution in [1.29, 1.82) is 0 Å². The zero-order valence-corrected chi connectivity index (χ0v) is 19.0. The molecular formula is C28H32N2O2. The van der Waals surface area contributed by atoms with Crippen LogP contribution in [0, 0.1) is 5.92 Å². The monoisotopic (exact) mass is 428 g/mol. The Morgan fingerprint density at radius 1 is 0.969 bits per heavy atom. The summed E-state index contributed by atoms with van der Waals surface area (Å²) in [6.45, 7) is 5.27. The number of likely N-dealkylation sites (tertiary alicyclic amines) is 1.